The molecular formula is C15H12BrF2NO2. The molecule has 0 aromatic heterocycles. The fraction of sp³-hybridized carbons (Fsp3) is 0.133. The standard InChI is InChI=1S/C15H12BrF2NO2/c1-9-6-11(3-4-12(9)16)21-8-15(20)19-10-2-5-13(17)14(18)7-10/h2-7H,8H2,1H3,(H,19,20). The number of carbonyl (C=O) groups excluding carboxylic acids is 1. The number of aryl methyl sites for hydroxylation is 1. The highest BCUT2D eigenvalue weighted by atomic mass is 79.9. The topological polar surface area (TPSA) is 38.3 Å². The summed E-state index contributed by atoms with van der Waals surface area (Å²) in [6.07, 6.45) is 0. The van der Waals surface area contributed by atoms with Crippen molar-refractivity contribution in [1.82, 2.24) is 0 Å². The van der Waals surface area contributed by atoms with Gasteiger partial charge in [0.25, 0.3) is 5.91 Å². The molecule has 0 bridgehead atoms. The van der Waals surface area contributed by atoms with Crippen LogP contribution >= 0.6 is 15.9 Å². The van der Waals surface area contributed by atoms with Crippen LogP contribution in [0.25, 0.3) is 0 Å². The van der Waals surface area contributed by atoms with Crippen LogP contribution in [0.15, 0.2) is 40.9 Å². The summed E-state index contributed by atoms with van der Waals surface area (Å²) in [5.74, 6) is -1.88. The van der Waals surface area contributed by atoms with Gasteiger partial charge in [0.05, 0.1) is 0 Å². The molecule has 0 aliphatic heterocycles. The summed E-state index contributed by atoms with van der Waals surface area (Å²) in [6.45, 7) is 1.68. The molecule has 3 nitrogen and oxygen atoms in total. The highest BCUT2D eigenvalue weighted by Gasteiger charge is 2.07. The van der Waals surface area contributed by atoms with E-state index in [1.807, 2.05) is 13.0 Å². The Labute approximate surface area is 129 Å². The van der Waals surface area contributed by atoms with Gasteiger partial charge in [-0.2, -0.15) is 0 Å². The van der Waals surface area contributed by atoms with E-state index >= 15 is 0 Å². The van der Waals surface area contributed by atoms with Crippen molar-refractivity contribution in [2.45, 2.75) is 6.92 Å². The average molecular weight is 356 g/mol. The van der Waals surface area contributed by atoms with Gasteiger partial charge in [-0.3, -0.25) is 4.79 Å². The Hall–Kier alpha value is -1.95. The molecule has 0 aliphatic carbocycles. The van der Waals surface area contributed by atoms with Crippen molar-refractivity contribution in [3.8, 4) is 5.75 Å². The Balaban J connectivity index is 1.92. The molecule has 0 saturated carbocycles. The van der Waals surface area contributed by atoms with Crippen molar-refractivity contribution in [1.29, 1.82) is 0 Å². The number of benzene rings is 2. The van der Waals surface area contributed by atoms with Gasteiger partial charge in [-0.15, -0.1) is 0 Å². The molecule has 21 heavy (non-hydrogen) atoms. The summed E-state index contributed by atoms with van der Waals surface area (Å²) >= 11 is 3.37. The van der Waals surface area contributed by atoms with Gasteiger partial charge < -0.3 is 10.1 Å². The van der Waals surface area contributed by atoms with Crippen LogP contribution in [0.5, 0.6) is 5.75 Å². The first-order valence-corrected chi connectivity index (χ1v) is 6.89. The second-order valence-corrected chi connectivity index (χ2v) is 5.23. The van der Waals surface area contributed by atoms with Gasteiger partial charge in [-0.1, -0.05) is 15.9 Å². The van der Waals surface area contributed by atoms with Gasteiger partial charge >= 0.3 is 0 Å². The van der Waals surface area contributed by atoms with E-state index < -0.39 is 17.5 Å². The number of carbonyl (C=O) groups is 1. The molecule has 2 aromatic rings. The second-order valence-electron chi connectivity index (χ2n) is 4.38. The van der Waals surface area contributed by atoms with E-state index in [1.165, 1.54) is 6.07 Å². The van der Waals surface area contributed by atoms with Gasteiger partial charge in [0.15, 0.2) is 18.2 Å². The number of anilines is 1. The monoisotopic (exact) mass is 355 g/mol. The van der Waals surface area contributed by atoms with E-state index in [1.54, 1.807) is 12.1 Å². The van der Waals surface area contributed by atoms with Crippen LogP contribution in [0.4, 0.5) is 14.5 Å². The average Bonchev–Trinajstić information content (AvgIpc) is 2.44. The summed E-state index contributed by atoms with van der Waals surface area (Å²) in [5.41, 5.74) is 1.16. The van der Waals surface area contributed by atoms with Gasteiger partial charge in [0.1, 0.15) is 5.75 Å². The summed E-state index contributed by atoms with van der Waals surface area (Å²) < 4.78 is 32.0. The summed E-state index contributed by atoms with van der Waals surface area (Å²) in [4.78, 5) is 11.7. The number of hydrogen-bond acceptors (Lipinski definition) is 2. The molecule has 0 unspecified atom stereocenters. The van der Waals surface area contributed by atoms with Gasteiger partial charge in [0.2, 0.25) is 0 Å². The molecule has 0 saturated heterocycles. The molecule has 0 atom stereocenters. The maximum absolute atomic E-state index is 13.0. The molecule has 1 amide bonds. The normalized spacial score (nSPS) is 10.3. The maximum Gasteiger partial charge on any atom is 0.262 e. The minimum atomic E-state index is -1.02. The SMILES string of the molecule is Cc1cc(OCC(=O)Nc2ccc(F)c(F)c2)ccc1Br. The fourth-order valence-electron chi connectivity index (χ4n) is 1.63. The third kappa shape index (κ3) is 4.26. The van der Waals surface area contributed by atoms with Crippen LogP contribution in [-0.4, -0.2) is 12.5 Å². The molecule has 0 fully saturated rings. The lowest BCUT2D eigenvalue weighted by molar-refractivity contribution is -0.118. The number of nitrogens with one attached hydrogen (secondary N) is 1. The van der Waals surface area contributed by atoms with E-state index in [2.05, 4.69) is 21.2 Å². The van der Waals surface area contributed by atoms with E-state index in [0.717, 1.165) is 22.2 Å². The van der Waals surface area contributed by atoms with Crippen LogP contribution in [0.2, 0.25) is 0 Å². The fourth-order valence-corrected chi connectivity index (χ4v) is 1.87. The van der Waals surface area contributed by atoms with Gasteiger partial charge in [0, 0.05) is 16.2 Å². The molecule has 0 heterocycles. The smallest absolute Gasteiger partial charge is 0.262 e. The highest BCUT2D eigenvalue weighted by molar-refractivity contribution is 9.10. The van der Waals surface area contributed by atoms with Crippen molar-refractivity contribution in [2.75, 3.05) is 11.9 Å². The highest BCUT2D eigenvalue weighted by Crippen LogP contribution is 2.21. The number of halogens is 3. The quantitative estimate of drug-likeness (QED) is 0.898. The van der Waals surface area contributed by atoms with Crippen molar-refractivity contribution in [2.24, 2.45) is 0 Å². The second kappa shape index (κ2) is 6.67. The summed E-state index contributed by atoms with van der Waals surface area (Å²) in [6, 6.07) is 8.47. The van der Waals surface area contributed by atoms with Crippen LogP contribution in [0.1, 0.15) is 5.56 Å². The van der Waals surface area contributed by atoms with Crippen LogP contribution in [-0.2, 0) is 4.79 Å². The van der Waals surface area contributed by atoms with Crippen molar-refractivity contribution in [3.63, 3.8) is 0 Å². The predicted molar refractivity (Wildman–Crippen MR) is 79.4 cm³/mol. The Kier molecular flexibility index (Phi) is 4.90. The molecule has 2 rings (SSSR count). The third-order valence-electron chi connectivity index (χ3n) is 2.70. The van der Waals surface area contributed by atoms with E-state index in [9.17, 15) is 13.6 Å². The van der Waals surface area contributed by atoms with Crippen LogP contribution in [0.3, 0.4) is 0 Å². The molecule has 2 aromatic carbocycles. The Morgan fingerprint density at radius 3 is 2.62 bits per heavy atom. The Bertz CT molecular complexity index is 677. The first-order chi connectivity index (χ1) is 9.95. The van der Waals surface area contributed by atoms with Crippen LogP contribution < -0.4 is 10.1 Å². The van der Waals surface area contributed by atoms with E-state index in [-0.39, 0.29) is 12.3 Å². The Morgan fingerprint density at radius 2 is 1.95 bits per heavy atom. The summed E-state index contributed by atoms with van der Waals surface area (Å²) in [7, 11) is 0. The molecule has 0 radical (unpaired) electrons. The predicted octanol–water partition coefficient (Wildman–Crippen LogP) is 4.05. The third-order valence-corrected chi connectivity index (χ3v) is 3.59. The first kappa shape index (κ1) is 15.4. The molecule has 1 N–H and O–H groups in total. The molecule has 0 aliphatic rings. The maximum atomic E-state index is 13.0. The lowest BCUT2D eigenvalue weighted by atomic mass is 10.2. The minimum Gasteiger partial charge on any atom is -0.484 e. The van der Waals surface area contributed by atoms with E-state index in [0.29, 0.717) is 5.75 Å². The number of hydrogen-bond donors (Lipinski definition) is 1. The number of rotatable bonds is 4. The Morgan fingerprint density at radius 1 is 1.19 bits per heavy atom. The molecule has 0 spiro atoms. The zero-order chi connectivity index (χ0) is 15.4. The first-order valence-electron chi connectivity index (χ1n) is 6.09. The molecule has 6 heteroatoms. The lowest BCUT2D eigenvalue weighted by Crippen LogP contribution is -2.20. The van der Waals surface area contributed by atoms with Crippen molar-refractivity contribution in [3.05, 3.63) is 58.1 Å². The number of ether oxygens (including phenoxy) is 1. The largest absolute Gasteiger partial charge is 0.484 e. The zero-order valence-corrected chi connectivity index (χ0v) is 12.7. The van der Waals surface area contributed by atoms with Crippen molar-refractivity contribution >= 4 is 27.5 Å². The van der Waals surface area contributed by atoms with Crippen LogP contribution in [0, 0.1) is 18.6 Å². The lowest BCUT2D eigenvalue weighted by Gasteiger charge is -2.09. The van der Waals surface area contributed by atoms with Crippen molar-refractivity contribution < 1.29 is 18.3 Å². The number of amides is 1. The molecular weight excluding hydrogens is 344 g/mol. The van der Waals surface area contributed by atoms with E-state index in [4.69, 9.17) is 4.74 Å². The minimum absolute atomic E-state index is 0.175. The molecule has 110 valence electrons. The van der Waals surface area contributed by atoms with Gasteiger partial charge in [-0.05, 0) is 42.8 Å². The summed E-state index contributed by atoms with van der Waals surface area (Å²) in [5, 5.41) is 2.43. The van der Waals surface area contributed by atoms with Gasteiger partial charge in [-0.25, -0.2) is 8.78 Å². The zero-order valence-electron chi connectivity index (χ0n) is 11.1.